The van der Waals surface area contributed by atoms with E-state index in [0.717, 1.165) is 12.2 Å². The number of hydrogen-bond acceptors (Lipinski definition) is 1. The Labute approximate surface area is 99.8 Å². The van der Waals surface area contributed by atoms with Crippen LogP contribution >= 0.6 is 0 Å². The molecule has 1 nitrogen and oxygen atoms in total. The minimum absolute atomic E-state index is 0.324. The average Bonchev–Trinajstić information content (AvgIpc) is 2.14. The van der Waals surface area contributed by atoms with Gasteiger partial charge in [0.15, 0.2) is 0 Å². The summed E-state index contributed by atoms with van der Waals surface area (Å²) in [5.41, 5.74) is 2.97. The summed E-state index contributed by atoms with van der Waals surface area (Å²) in [6, 6.07) is 6.61. The molecule has 0 fully saturated rings. The van der Waals surface area contributed by atoms with Gasteiger partial charge in [-0.2, -0.15) is 0 Å². The summed E-state index contributed by atoms with van der Waals surface area (Å²) in [4.78, 5) is 0. The first kappa shape index (κ1) is 13.1. The third-order valence-corrected chi connectivity index (χ3v) is 2.65. The molecule has 0 aliphatic rings. The molecular weight excluding hydrogens is 196 g/mol. The molecule has 0 bridgehead atoms. The predicted molar refractivity (Wildman–Crippen MR) is 70.2 cm³/mol. The molecule has 0 unspecified atom stereocenters. The van der Waals surface area contributed by atoms with Crippen molar-refractivity contribution < 1.29 is 4.74 Å². The molecule has 16 heavy (non-hydrogen) atoms. The van der Waals surface area contributed by atoms with Crippen LogP contribution in [0.25, 0.3) is 0 Å². The summed E-state index contributed by atoms with van der Waals surface area (Å²) in [5.74, 6) is 1.54. The summed E-state index contributed by atoms with van der Waals surface area (Å²) in [6.45, 7) is 11.2. The maximum absolute atomic E-state index is 5.46. The minimum atomic E-state index is 0.324. The summed E-state index contributed by atoms with van der Waals surface area (Å²) in [7, 11) is 1.75. The van der Waals surface area contributed by atoms with Crippen molar-refractivity contribution in [1.29, 1.82) is 0 Å². The Morgan fingerprint density at radius 3 is 2.25 bits per heavy atom. The lowest BCUT2D eigenvalue weighted by atomic mass is 9.87. The Hall–Kier alpha value is -0.980. The second kappa shape index (κ2) is 4.90. The predicted octanol–water partition coefficient (Wildman–Crippen LogP) is 4.41. The van der Waals surface area contributed by atoms with E-state index >= 15 is 0 Å². The third-order valence-electron chi connectivity index (χ3n) is 2.65. The maximum atomic E-state index is 5.46. The average molecular weight is 220 g/mol. The second-order valence-corrected chi connectivity index (χ2v) is 5.97. The molecule has 0 aromatic heterocycles. The van der Waals surface area contributed by atoms with E-state index in [-0.39, 0.29) is 0 Å². The molecule has 1 aromatic carbocycles. The van der Waals surface area contributed by atoms with Gasteiger partial charge in [0.2, 0.25) is 0 Å². The minimum Gasteiger partial charge on any atom is -0.496 e. The molecule has 0 spiro atoms. The third kappa shape index (κ3) is 3.55. The number of hydrogen-bond donors (Lipinski definition) is 0. The van der Waals surface area contributed by atoms with Gasteiger partial charge >= 0.3 is 0 Å². The molecule has 0 saturated carbocycles. The van der Waals surface area contributed by atoms with Gasteiger partial charge in [0.25, 0.3) is 0 Å². The Balaban J connectivity index is 3.00. The van der Waals surface area contributed by atoms with Gasteiger partial charge in [0.1, 0.15) is 5.75 Å². The van der Waals surface area contributed by atoms with Crippen LogP contribution < -0.4 is 4.74 Å². The van der Waals surface area contributed by atoms with Crippen molar-refractivity contribution in [1.82, 2.24) is 0 Å². The number of rotatable bonds is 3. The highest BCUT2D eigenvalue weighted by Crippen LogP contribution is 2.29. The molecule has 0 saturated heterocycles. The molecule has 1 heteroatoms. The van der Waals surface area contributed by atoms with Crippen molar-refractivity contribution in [2.24, 2.45) is 5.41 Å². The topological polar surface area (TPSA) is 9.23 Å². The fourth-order valence-electron chi connectivity index (χ4n) is 1.95. The summed E-state index contributed by atoms with van der Waals surface area (Å²) < 4.78 is 5.46. The zero-order valence-electron chi connectivity index (χ0n) is 11.4. The molecule has 0 N–H and O–H groups in total. The van der Waals surface area contributed by atoms with Crippen LogP contribution in [-0.4, -0.2) is 7.11 Å². The van der Waals surface area contributed by atoms with Crippen LogP contribution in [0.2, 0.25) is 0 Å². The highest BCUT2D eigenvalue weighted by atomic mass is 16.5. The quantitative estimate of drug-likeness (QED) is 0.733. The molecular formula is C15H24O. The molecule has 1 aromatic rings. The molecule has 0 amide bonds. The van der Waals surface area contributed by atoms with Crippen LogP contribution in [0, 0.1) is 5.41 Å². The van der Waals surface area contributed by atoms with Gasteiger partial charge in [0, 0.05) is 0 Å². The van der Waals surface area contributed by atoms with E-state index in [1.807, 2.05) is 0 Å². The summed E-state index contributed by atoms with van der Waals surface area (Å²) in [6.07, 6.45) is 1.09. The van der Waals surface area contributed by atoms with E-state index < -0.39 is 0 Å². The molecule has 90 valence electrons. The smallest absolute Gasteiger partial charge is 0.122 e. The van der Waals surface area contributed by atoms with Crippen LogP contribution in [0.5, 0.6) is 5.75 Å². The Morgan fingerprint density at radius 1 is 1.19 bits per heavy atom. The number of benzene rings is 1. The molecule has 0 heterocycles. The van der Waals surface area contributed by atoms with Gasteiger partial charge < -0.3 is 4.74 Å². The fraction of sp³-hybridized carbons (Fsp3) is 0.600. The SMILES string of the molecule is COc1cc(CC(C)(C)C)ccc1C(C)C. The van der Waals surface area contributed by atoms with Crippen molar-refractivity contribution in [2.45, 2.75) is 47.0 Å². The zero-order valence-corrected chi connectivity index (χ0v) is 11.4. The van der Waals surface area contributed by atoms with Gasteiger partial charge in [-0.25, -0.2) is 0 Å². The van der Waals surface area contributed by atoms with Gasteiger partial charge in [-0.05, 0) is 34.9 Å². The summed E-state index contributed by atoms with van der Waals surface area (Å²) >= 11 is 0. The van der Waals surface area contributed by atoms with Gasteiger partial charge in [-0.1, -0.05) is 46.8 Å². The molecule has 0 radical (unpaired) electrons. The van der Waals surface area contributed by atoms with Gasteiger partial charge in [0.05, 0.1) is 7.11 Å². The first-order valence-corrected chi connectivity index (χ1v) is 6.00. The van der Waals surface area contributed by atoms with Crippen molar-refractivity contribution in [3.05, 3.63) is 29.3 Å². The normalized spacial score (nSPS) is 11.9. The zero-order chi connectivity index (χ0) is 12.3. The van der Waals surface area contributed by atoms with Crippen molar-refractivity contribution in [3.63, 3.8) is 0 Å². The van der Waals surface area contributed by atoms with Crippen molar-refractivity contribution in [3.8, 4) is 5.75 Å². The highest BCUT2D eigenvalue weighted by molar-refractivity contribution is 5.39. The van der Waals surface area contributed by atoms with E-state index in [1.54, 1.807) is 7.11 Å². The van der Waals surface area contributed by atoms with E-state index in [4.69, 9.17) is 4.74 Å². The Kier molecular flexibility index (Phi) is 4.01. The Morgan fingerprint density at radius 2 is 1.81 bits per heavy atom. The monoisotopic (exact) mass is 220 g/mol. The van der Waals surface area contributed by atoms with Crippen molar-refractivity contribution in [2.75, 3.05) is 7.11 Å². The first-order valence-electron chi connectivity index (χ1n) is 6.00. The number of ether oxygens (including phenoxy) is 1. The lowest BCUT2D eigenvalue weighted by Gasteiger charge is -2.20. The summed E-state index contributed by atoms with van der Waals surface area (Å²) in [5, 5.41) is 0. The second-order valence-electron chi connectivity index (χ2n) is 5.97. The van der Waals surface area contributed by atoms with E-state index in [0.29, 0.717) is 11.3 Å². The maximum Gasteiger partial charge on any atom is 0.122 e. The lowest BCUT2D eigenvalue weighted by molar-refractivity contribution is 0.398. The van der Waals surface area contributed by atoms with Crippen LogP contribution in [-0.2, 0) is 6.42 Å². The molecule has 0 aliphatic heterocycles. The fourth-order valence-corrected chi connectivity index (χ4v) is 1.95. The van der Waals surface area contributed by atoms with E-state index in [1.165, 1.54) is 11.1 Å². The van der Waals surface area contributed by atoms with Gasteiger partial charge in [-0.3, -0.25) is 0 Å². The van der Waals surface area contributed by atoms with E-state index in [9.17, 15) is 0 Å². The van der Waals surface area contributed by atoms with Crippen molar-refractivity contribution >= 4 is 0 Å². The largest absolute Gasteiger partial charge is 0.496 e. The van der Waals surface area contributed by atoms with Crippen LogP contribution in [0.3, 0.4) is 0 Å². The molecule has 0 aliphatic carbocycles. The Bertz CT molecular complexity index is 345. The molecule has 0 atom stereocenters. The number of methoxy groups -OCH3 is 1. The van der Waals surface area contributed by atoms with Crippen LogP contribution in [0.4, 0.5) is 0 Å². The first-order chi connectivity index (χ1) is 7.33. The lowest BCUT2D eigenvalue weighted by Crippen LogP contribution is -2.09. The van der Waals surface area contributed by atoms with E-state index in [2.05, 4.69) is 52.8 Å². The van der Waals surface area contributed by atoms with Gasteiger partial charge in [-0.15, -0.1) is 0 Å². The highest BCUT2D eigenvalue weighted by Gasteiger charge is 2.13. The van der Waals surface area contributed by atoms with Crippen LogP contribution in [0.1, 0.15) is 51.7 Å². The van der Waals surface area contributed by atoms with Crippen LogP contribution in [0.15, 0.2) is 18.2 Å². The standard InChI is InChI=1S/C15H24O/c1-11(2)13-8-7-12(9-14(13)16-6)10-15(3,4)5/h7-9,11H,10H2,1-6H3. The molecule has 1 rings (SSSR count).